The number of aliphatic imine (C=N–C) groups is 1. The maximum absolute atomic E-state index is 13.3. The Morgan fingerprint density at radius 3 is 2.70 bits per heavy atom. The van der Waals surface area contributed by atoms with Crippen molar-refractivity contribution in [2.45, 2.75) is 58.0 Å². The topological polar surface area (TPSA) is 71.4 Å². The number of amidine groups is 1. The average Bonchev–Trinajstić information content (AvgIpc) is 3.24. The zero-order chi connectivity index (χ0) is 23.5. The van der Waals surface area contributed by atoms with Crippen molar-refractivity contribution in [3.8, 4) is 5.75 Å². The van der Waals surface area contributed by atoms with Gasteiger partial charge in [0, 0.05) is 23.8 Å². The fourth-order valence-electron chi connectivity index (χ4n) is 4.82. The molecule has 1 aromatic carbocycles. The second kappa shape index (κ2) is 10.0. The molecule has 0 aliphatic carbocycles. The van der Waals surface area contributed by atoms with E-state index in [9.17, 15) is 9.59 Å². The minimum atomic E-state index is -0.483. The van der Waals surface area contributed by atoms with E-state index in [0.717, 1.165) is 42.2 Å². The van der Waals surface area contributed by atoms with E-state index in [1.54, 1.807) is 7.11 Å². The molecule has 1 saturated heterocycles. The van der Waals surface area contributed by atoms with E-state index in [2.05, 4.69) is 6.92 Å². The second-order valence-electron chi connectivity index (χ2n) is 8.45. The van der Waals surface area contributed by atoms with Crippen LogP contribution in [0.2, 0.25) is 0 Å². The summed E-state index contributed by atoms with van der Waals surface area (Å²) in [5.74, 6) is 0.365. The predicted octanol–water partition coefficient (Wildman–Crippen LogP) is 4.62. The lowest BCUT2D eigenvalue weighted by atomic mass is 9.92. The summed E-state index contributed by atoms with van der Waals surface area (Å²) in [7, 11) is 3.01. The lowest BCUT2D eigenvalue weighted by Crippen LogP contribution is -2.43. The Kier molecular flexibility index (Phi) is 7.12. The number of hydrogen-bond acceptors (Lipinski definition) is 7. The Bertz CT molecular complexity index is 1030. The molecule has 0 radical (unpaired) electrons. The molecule has 3 heterocycles. The molecule has 0 bridgehead atoms. The number of para-hydroxylation sites is 1. The molecule has 0 spiro atoms. The van der Waals surface area contributed by atoms with Gasteiger partial charge in [0.1, 0.15) is 5.75 Å². The van der Waals surface area contributed by atoms with Crippen LogP contribution in [0.4, 0.5) is 0 Å². The smallest absolute Gasteiger partial charge is 0.338 e. The number of nitrogens with zero attached hydrogens (tertiary/aromatic N) is 3. The fraction of sp³-hybridized carbons (Fsp3) is 0.480. The van der Waals surface area contributed by atoms with Gasteiger partial charge in [0.05, 0.1) is 38.0 Å². The van der Waals surface area contributed by atoms with Gasteiger partial charge in [-0.25, -0.2) is 9.79 Å². The zero-order valence-electron chi connectivity index (χ0n) is 19.7. The summed E-state index contributed by atoms with van der Waals surface area (Å²) >= 11 is 1.49. The third-order valence-corrected chi connectivity index (χ3v) is 7.41. The van der Waals surface area contributed by atoms with Crippen LogP contribution in [0.1, 0.15) is 57.6 Å². The molecule has 0 saturated carbocycles. The van der Waals surface area contributed by atoms with Crippen LogP contribution in [0.3, 0.4) is 0 Å². The van der Waals surface area contributed by atoms with E-state index < -0.39 is 12.0 Å². The van der Waals surface area contributed by atoms with Crippen LogP contribution in [0.15, 0.2) is 51.6 Å². The van der Waals surface area contributed by atoms with Crippen LogP contribution >= 0.6 is 11.8 Å². The number of fused-ring (bicyclic) bond motifs is 1. The highest BCUT2D eigenvalue weighted by Gasteiger charge is 2.43. The van der Waals surface area contributed by atoms with Crippen LogP contribution in [-0.2, 0) is 14.3 Å². The van der Waals surface area contributed by atoms with Gasteiger partial charge in [0.15, 0.2) is 5.17 Å². The number of likely N-dealkylation sites (tertiary alicyclic amines) is 1. The molecule has 1 amide bonds. The summed E-state index contributed by atoms with van der Waals surface area (Å²) in [6.45, 7) is 4.89. The Hall–Kier alpha value is -2.74. The monoisotopic (exact) mass is 469 g/mol. The van der Waals surface area contributed by atoms with Crippen molar-refractivity contribution in [2.75, 3.05) is 20.8 Å². The highest BCUT2D eigenvalue weighted by atomic mass is 32.2. The van der Waals surface area contributed by atoms with E-state index in [0.29, 0.717) is 23.4 Å². The number of rotatable bonds is 6. The summed E-state index contributed by atoms with van der Waals surface area (Å²) in [5.41, 5.74) is 2.86. The number of piperidine rings is 1. The maximum Gasteiger partial charge on any atom is 0.338 e. The van der Waals surface area contributed by atoms with Gasteiger partial charge in [0.2, 0.25) is 5.91 Å². The van der Waals surface area contributed by atoms with Crippen molar-refractivity contribution in [1.29, 1.82) is 0 Å². The van der Waals surface area contributed by atoms with E-state index >= 15 is 0 Å². The van der Waals surface area contributed by atoms with Gasteiger partial charge in [-0.05, 0) is 44.1 Å². The molecular formula is C25H31N3O4S. The summed E-state index contributed by atoms with van der Waals surface area (Å²) < 4.78 is 10.8. The first-order valence-corrected chi connectivity index (χ1v) is 12.3. The molecule has 7 nitrogen and oxygen atoms in total. The summed E-state index contributed by atoms with van der Waals surface area (Å²) in [6, 6.07) is 7.43. The molecule has 0 aromatic heterocycles. The van der Waals surface area contributed by atoms with Gasteiger partial charge in [-0.1, -0.05) is 36.9 Å². The average molecular weight is 470 g/mol. The number of methoxy groups -OCH3 is 2. The molecule has 0 unspecified atom stereocenters. The first-order valence-electron chi connectivity index (χ1n) is 11.5. The number of benzene rings is 1. The predicted molar refractivity (Wildman–Crippen MR) is 130 cm³/mol. The summed E-state index contributed by atoms with van der Waals surface area (Å²) in [6.07, 6.45) is 4.09. The molecule has 1 aromatic rings. The standard InChI is InChI=1S/C25H31N3O4S/c1-5-19-22(24(30)32-4)23(18-11-6-7-12-20(18)31-3)28-17(15-33-25(28)26-19)14-21(29)27-13-9-8-10-16(27)2/h6-7,11-12,15-16,23H,5,8-10,13-14H2,1-4H3/t16-,23-/m1/s1. The van der Waals surface area contributed by atoms with Crippen molar-refractivity contribution in [2.24, 2.45) is 4.99 Å². The molecule has 3 aliphatic heterocycles. The highest BCUT2D eigenvalue weighted by Crippen LogP contribution is 2.47. The first kappa shape index (κ1) is 23.4. The van der Waals surface area contributed by atoms with Gasteiger partial charge in [-0.3, -0.25) is 4.79 Å². The number of esters is 1. The number of ether oxygens (including phenoxy) is 2. The van der Waals surface area contributed by atoms with Crippen LogP contribution in [0.25, 0.3) is 0 Å². The lowest BCUT2D eigenvalue weighted by molar-refractivity contribution is -0.136. The zero-order valence-corrected chi connectivity index (χ0v) is 20.5. The van der Waals surface area contributed by atoms with Crippen molar-refractivity contribution < 1.29 is 19.1 Å². The van der Waals surface area contributed by atoms with Crippen LogP contribution in [0, 0.1) is 0 Å². The quantitative estimate of drug-likeness (QED) is 0.566. The van der Waals surface area contributed by atoms with E-state index in [1.807, 2.05) is 46.4 Å². The second-order valence-corrected chi connectivity index (χ2v) is 9.29. The maximum atomic E-state index is 13.3. The molecule has 8 heteroatoms. The summed E-state index contributed by atoms with van der Waals surface area (Å²) in [4.78, 5) is 35.1. The van der Waals surface area contributed by atoms with Crippen molar-refractivity contribution >= 4 is 28.8 Å². The van der Waals surface area contributed by atoms with Gasteiger partial charge < -0.3 is 19.3 Å². The Balaban J connectivity index is 1.75. The van der Waals surface area contributed by atoms with Gasteiger partial charge >= 0.3 is 5.97 Å². The minimum Gasteiger partial charge on any atom is -0.496 e. The third kappa shape index (κ3) is 4.40. The minimum absolute atomic E-state index is 0.110. The highest BCUT2D eigenvalue weighted by molar-refractivity contribution is 8.16. The van der Waals surface area contributed by atoms with Gasteiger partial charge in [-0.2, -0.15) is 0 Å². The molecule has 3 aliphatic rings. The number of allylic oxidation sites excluding steroid dienone is 1. The molecule has 33 heavy (non-hydrogen) atoms. The van der Waals surface area contributed by atoms with Crippen LogP contribution in [-0.4, -0.2) is 53.7 Å². The number of carbonyl (C=O) groups excluding carboxylic acids is 2. The van der Waals surface area contributed by atoms with Gasteiger partial charge in [-0.15, -0.1) is 0 Å². The number of thioether (sulfide) groups is 1. The third-order valence-electron chi connectivity index (χ3n) is 6.52. The van der Waals surface area contributed by atoms with E-state index in [-0.39, 0.29) is 18.4 Å². The number of carbonyl (C=O) groups is 2. The lowest BCUT2D eigenvalue weighted by Gasteiger charge is -2.38. The van der Waals surface area contributed by atoms with Crippen LogP contribution in [0.5, 0.6) is 5.75 Å². The SMILES string of the molecule is CCC1=C(C(=O)OC)[C@@H](c2ccccc2OC)N2C(CC(=O)N3CCCC[C@H]3C)=CSC2=N1. The first-order chi connectivity index (χ1) is 16.0. The van der Waals surface area contributed by atoms with Gasteiger partial charge in [0.25, 0.3) is 0 Å². The molecular weight excluding hydrogens is 438 g/mol. The van der Waals surface area contributed by atoms with Crippen LogP contribution < -0.4 is 4.74 Å². The molecule has 2 atom stereocenters. The molecule has 1 fully saturated rings. The van der Waals surface area contributed by atoms with E-state index in [4.69, 9.17) is 14.5 Å². The normalized spacial score (nSPS) is 22.5. The van der Waals surface area contributed by atoms with E-state index in [1.165, 1.54) is 18.9 Å². The Morgan fingerprint density at radius 2 is 2.00 bits per heavy atom. The van der Waals surface area contributed by atoms with Crippen molar-refractivity contribution in [3.05, 3.63) is 52.2 Å². The molecule has 0 N–H and O–H groups in total. The Labute approximate surface area is 199 Å². The number of amides is 1. The largest absolute Gasteiger partial charge is 0.496 e. The molecule has 176 valence electrons. The fourth-order valence-corrected chi connectivity index (χ4v) is 5.76. The van der Waals surface area contributed by atoms with Crippen molar-refractivity contribution in [3.63, 3.8) is 0 Å². The Morgan fingerprint density at radius 1 is 1.21 bits per heavy atom. The van der Waals surface area contributed by atoms with Crippen molar-refractivity contribution in [1.82, 2.24) is 9.80 Å². The number of hydrogen-bond donors (Lipinski definition) is 0. The molecule has 4 rings (SSSR count). The summed E-state index contributed by atoms with van der Waals surface area (Å²) in [5, 5.41) is 2.76.